The van der Waals surface area contributed by atoms with E-state index in [4.69, 9.17) is 19.9 Å². The van der Waals surface area contributed by atoms with Gasteiger partial charge in [0.15, 0.2) is 11.5 Å². The average molecular weight is 494 g/mol. The molecule has 2 atom stereocenters. The van der Waals surface area contributed by atoms with E-state index in [-0.39, 0.29) is 35.5 Å². The molecule has 5 rings (SSSR count). The maximum atomic E-state index is 12.2. The number of ether oxygens (including phenoxy) is 3. The number of aromatic nitrogens is 4. The molecule has 1 saturated carbocycles. The Bertz CT molecular complexity index is 1290. The van der Waals surface area contributed by atoms with Gasteiger partial charge < -0.3 is 30.6 Å². The summed E-state index contributed by atoms with van der Waals surface area (Å²) in [5, 5.41) is 18.3. The van der Waals surface area contributed by atoms with Crippen molar-refractivity contribution in [2.45, 2.75) is 25.0 Å². The Morgan fingerprint density at radius 1 is 1.17 bits per heavy atom. The summed E-state index contributed by atoms with van der Waals surface area (Å²) in [4.78, 5) is 24.2. The number of methoxy groups -OCH3 is 2. The summed E-state index contributed by atoms with van der Waals surface area (Å²) in [6, 6.07) is 7.06. The van der Waals surface area contributed by atoms with Crippen molar-refractivity contribution in [3.63, 3.8) is 0 Å². The molecule has 0 spiro atoms. The van der Waals surface area contributed by atoms with Gasteiger partial charge >= 0.3 is 0 Å². The van der Waals surface area contributed by atoms with Gasteiger partial charge in [-0.3, -0.25) is 14.3 Å². The van der Waals surface area contributed by atoms with E-state index in [1.165, 1.54) is 6.07 Å². The average Bonchev–Trinajstić information content (AvgIpc) is 3.42. The van der Waals surface area contributed by atoms with E-state index in [2.05, 4.69) is 25.9 Å². The van der Waals surface area contributed by atoms with Gasteiger partial charge in [0.25, 0.3) is 5.91 Å². The predicted molar refractivity (Wildman–Crippen MR) is 130 cm³/mol. The Labute approximate surface area is 207 Å². The lowest BCUT2D eigenvalue weighted by molar-refractivity contribution is -0.117. The number of nitrogens with zero attached hydrogens (tertiary/aromatic N) is 4. The van der Waals surface area contributed by atoms with E-state index in [1.807, 2.05) is 23.0 Å². The molecule has 0 bridgehead atoms. The molecule has 4 N–H and O–H groups in total. The van der Waals surface area contributed by atoms with Crippen LogP contribution in [0.25, 0.3) is 11.1 Å². The second kappa shape index (κ2) is 9.91. The van der Waals surface area contributed by atoms with Gasteiger partial charge in [0.2, 0.25) is 5.91 Å². The first-order valence-electron chi connectivity index (χ1n) is 11.6. The van der Waals surface area contributed by atoms with Crippen LogP contribution in [0.2, 0.25) is 0 Å². The maximum Gasteiger partial charge on any atom is 0.271 e. The molecule has 2 aromatic heterocycles. The van der Waals surface area contributed by atoms with Gasteiger partial charge in [-0.25, -0.2) is 0 Å². The van der Waals surface area contributed by atoms with Crippen LogP contribution in [-0.2, 0) is 14.3 Å². The van der Waals surface area contributed by atoms with E-state index in [1.54, 1.807) is 26.5 Å². The van der Waals surface area contributed by atoms with E-state index >= 15 is 0 Å². The largest absolute Gasteiger partial charge is 0.494 e. The second-order valence-electron chi connectivity index (χ2n) is 8.72. The number of benzene rings is 1. The van der Waals surface area contributed by atoms with Crippen molar-refractivity contribution in [3.8, 4) is 16.9 Å². The van der Waals surface area contributed by atoms with Gasteiger partial charge in [-0.15, -0.1) is 10.2 Å². The highest BCUT2D eigenvalue weighted by atomic mass is 16.5. The summed E-state index contributed by atoms with van der Waals surface area (Å²) >= 11 is 0. The molecule has 1 aliphatic carbocycles. The minimum Gasteiger partial charge on any atom is -0.494 e. The van der Waals surface area contributed by atoms with Crippen molar-refractivity contribution in [1.82, 2.24) is 20.0 Å². The first-order chi connectivity index (χ1) is 17.5. The highest BCUT2D eigenvalue weighted by Crippen LogP contribution is 2.39. The van der Waals surface area contributed by atoms with Gasteiger partial charge in [0.1, 0.15) is 17.9 Å². The number of nitrogens with one attached hydrogen (secondary N) is 2. The molecule has 1 saturated heterocycles. The number of carbonyl (C=O) groups excluding carboxylic acids is 2. The molecule has 3 aromatic rings. The maximum absolute atomic E-state index is 12.2. The summed E-state index contributed by atoms with van der Waals surface area (Å²) in [5.74, 6) is -0.136. The minimum atomic E-state index is -0.757. The van der Waals surface area contributed by atoms with Gasteiger partial charge in [-0.1, -0.05) is 12.1 Å². The van der Waals surface area contributed by atoms with Crippen LogP contribution < -0.4 is 21.1 Å². The lowest BCUT2D eigenvalue weighted by Crippen LogP contribution is -2.24. The van der Waals surface area contributed by atoms with E-state index < -0.39 is 5.91 Å². The lowest BCUT2D eigenvalue weighted by Gasteiger charge is -2.17. The summed E-state index contributed by atoms with van der Waals surface area (Å²) in [6.07, 6.45) is 5.30. The Balaban J connectivity index is 1.45. The molecule has 188 valence electrons. The van der Waals surface area contributed by atoms with Gasteiger partial charge in [0.05, 0.1) is 37.9 Å². The van der Waals surface area contributed by atoms with Crippen LogP contribution in [0, 0.1) is 5.92 Å². The molecule has 2 amide bonds. The number of anilines is 3. The Morgan fingerprint density at radius 2 is 2.00 bits per heavy atom. The fourth-order valence-electron chi connectivity index (χ4n) is 4.19. The number of amides is 2. The lowest BCUT2D eigenvalue weighted by atomic mass is 10.1. The zero-order valence-electron chi connectivity index (χ0n) is 19.9. The normalized spacial score (nSPS) is 19.2. The second-order valence-corrected chi connectivity index (χ2v) is 8.72. The smallest absolute Gasteiger partial charge is 0.271 e. The van der Waals surface area contributed by atoms with Crippen molar-refractivity contribution in [2.24, 2.45) is 11.7 Å². The Kier molecular flexibility index (Phi) is 6.53. The number of rotatable bonds is 9. The SMILES string of the molecule is COc1c(Nc2cc(NC(=O)C3CC3)nnc2C(N)=O)cccc1-c1cnn([C@@H]2COC[C@@H]2OC)c1. The quantitative estimate of drug-likeness (QED) is 0.406. The fourth-order valence-corrected chi connectivity index (χ4v) is 4.19. The monoisotopic (exact) mass is 493 g/mol. The van der Waals surface area contributed by atoms with Gasteiger partial charge in [0, 0.05) is 36.4 Å². The van der Waals surface area contributed by atoms with Crippen molar-refractivity contribution >= 4 is 29.0 Å². The summed E-state index contributed by atoms with van der Waals surface area (Å²) < 4.78 is 18.6. The fraction of sp³-hybridized carbons (Fsp3) is 0.375. The predicted octanol–water partition coefficient (Wildman–Crippen LogP) is 2.13. The van der Waals surface area contributed by atoms with Crippen LogP contribution in [0.15, 0.2) is 36.7 Å². The van der Waals surface area contributed by atoms with E-state index in [0.717, 1.165) is 24.0 Å². The van der Waals surface area contributed by atoms with Crippen LogP contribution in [-0.4, -0.2) is 65.3 Å². The standard InChI is InChI=1S/C24H27N7O5/c1-34-19-12-36-11-18(19)31-10-14(9-26-31)15-4-3-5-16(22(15)35-2)27-17-8-20(28-24(33)13-6-7-13)29-30-21(17)23(25)32/h3-5,8-10,13,18-19H,6-7,11-12H2,1-2H3,(H2,25,32)(H2,27,28,29,33)/t18-,19+/m1/s1. The topological polar surface area (TPSA) is 156 Å². The molecular formula is C24H27N7O5. The number of carbonyl (C=O) groups is 2. The zero-order chi connectivity index (χ0) is 25.2. The molecule has 0 unspecified atom stereocenters. The number of hydrogen-bond acceptors (Lipinski definition) is 9. The summed E-state index contributed by atoms with van der Waals surface area (Å²) in [7, 11) is 3.22. The number of hydrogen-bond donors (Lipinski definition) is 3. The summed E-state index contributed by atoms with van der Waals surface area (Å²) in [6.45, 7) is 1.03. The molecule has 3 heterocycles. The highest BCUT2D eigenvalue weighted by Gasteiger charge is 2.31. The third-order valence-corrected chi connectivity index (χ3v) is 6.27. The minimum absolute atomic E-state index is 0.00770. The third kappa shape index (κ3) is 4.72. The molecule has 2 fully saturated rings. The van der Waals surface area contributed by atoms with Crippen LogP contribution >= 0.6 is 0 Å². The highest BCUT2D eigenvalue weighted by molar-refractivity contribution is 5.99. The number of primary amides is 1. The third-order valence-electron chi connectivity index (χ3n) is 6.27. The van der Waals surface area contributed by atoms with Crippen LogP contribution in [0.4, 0.5) is 17.2 Å². The first-order valence-corrected chi connectivity index (χ1v) is 11.6. The van der Waals surface area contributed by atoms with Crippen LogP contribution in [0.1, 0.15) is 29.4 Å². The Morgan fingerprint density at radius 3 is 2.72 bits per heavy atom. The number of para-hydroxylation sites is 1. The molecule has 36 heavy (non-hydrogen) atoms. The van der Waals surface area contributed by atoms with E-state index in [9.17, 15) is 9.59 Å². The summed E-state index contributed by atoms with van der Waals surface area (Å²) in [5.41, 5.74) is 7.93. The molecular weight excluding hydrogens is 466 g/mol. The molecule has 1 aliphatic heterocycles. The molecule has 12 heteroatoms. The van der Waals surface area contributed by atoms with Crippen LogP contribution in [0.3, 0.4) is 0 Å². The molecule has 12 nitrogen and oxygen atoms in total. The molecule has 2 aliphatic rings. The Hall–Kier alpha value is -4.03. The van der Waals surface area contributed by atoms with Gasteiger partial charge in [-0.05, 0) is 18.9 Å². The van der Waals surface area contributed by atoms with Crippen LogP contribution in [0.5, 0.6) is 5.75 Å². The van der Waals surface area contributed by atoms with Crippen molar-refractivity contribution < 1.29 is 23.8 Å². The van der Waals surface area contributed by atoms with Crippen molar-refractivity contribution in [2.75, 3.05) is 38.1 Å². The van der Waals surface area contributed by atoms with E-state index in [0.29, 0.717) is 30.3 Å². The zero-order valence-corrected chi connectivity index (χ0v) is 19.9. The number of nitrogens with two attached hydrogens (primary N) is 1. The first kappa shape index (κ1) is 23.7. The molecule has 0 radical (unpaired) electrons. The van der Waals surface area contributed by atoms with Crippen molar-refractivity contribution in [3.05, 3.63) is 42.4 Å². The van der Waals surface area contributed by atoms with Crippen molar-refractivity contribution in [1.29, 1.82) is 0 Å². The molecule has 1 aromatic carbocycles. The van der Waals surface area contributed by atoms with Gasteiger partial charge in [-0.2, -0.15) is 5.10 Å².